The smallest absolute Gasteiger partial charge is 0.329 e. The van der Waals surface area contributed by atoms with E-state index in [4.69, 9.17) is 4.74 Å². The van der Waals surface area contributed by atoms with E-state index in [0.717, 1.165) is 18.9 Å². The van der Waals surface area contributed by atoms with Crippen LogP contribution < -0.4 is 10.1 Å². The third kappa shape index (κ3) is 3.90. The molecule has 1 amide bonds. The molecule has 0 unspecified atom stereocenters. The van der Waals surface area contributed by atoms with Crippen molar-refractivity contribution in [2.24, 2.45) is 0 Å². The fourth-order valence-corrected chi connectivity index (χ4v) is 2.91. The van der Waals surface area contributed by atoms with Crippen LogP contribution in [0.25, 0.3) is 0 Å². The van der Waals surface area contributed by atoms with Gasteiger partial charge in [-0.05, 0) is 31.0 Å². The molecular formula is C17H20FNO5. The van der Waals surface area contributed by atoms with E-state index >= 15 is 0 Å². The van der Waals surface area contributed by atoms with Crippen molar-refractivity contribution in [1.29, 1.82) is 0 Å². The molecule has 1 saturated carbocycles. The SMILES string of the molecule is COc1ccc(C(=O)CCC(=O)NC2(C(=O)O)CCCC2)cc1F. The molecule has 0 aromatic heterocycles. The van der Waals surface area contributed by atoms with E-state index in [1.54, 1.807) is 0 Å². The van der Waals surface area contributed by atoms with Crippen LogP contribution in [0.4, 0.5) is 4.39 Å². The third-order valence-electron chi connectivity index (χ3n) is 4.30. The Balaban J connectivity index is 1.92. The molecule has 7 heteroatoms. The number of nitrogens with one attached hydrogen (secondary N) is 1. The number of ketones is 1. The lowest BCUT2D eigenvalue weighted by Gasteiger charge is -2.25. The first-order chi connectivity index (χ1) is 11.4. The fraction of sp³-hybridized carbons (Fsp3) is 0.471. The highest BCUT2D eigenvalue weighted by molar-refractivity contribution is 5.98. The van der Waals surface area contributed by atoms with Crippen LogP contribution in [0.3, 0.4) is 0 Å². The lowest BCUT2D eigenvalue weighted by Crippen LogP contribution is -2.52. The first-order valence-electron chi connectivity index (χ1n) is 7.79. The molecule has 6 nitrogen and oxygen atoms in total. The van der Waals surface area contributed by atoms with Crippen molar-refractivity contribution in [3.05, 3.63) is 29.6 Å². The lowest BCUT2D eigenvalue weighted by molar-refractivity contribution is -0.147. The number of benzene rings is 1. The Kier molecular flexibility index (Phi) is 5.54. The maximum Gasteiger partial charge on any atom is 0.329 e. The molecule has 0 bridgehead atoms. The number of hydrogen-bond acceptors (Lipinski definition) is 4. The van der Waals surface area contributed by atoms with E-state index in [9.17, 15) is 23.9 Å². The number of halogens is 1. The Morgan fingerprint density at radius 2 is 1.92 bits per heavy atom. The van der Waals surface area contributed by atoms with Gasteiger partial charge in [0.25, 0.3) is 0 Å². The Labute approximate surface area is 139 Å². The average Bonchev–Trinajstić information content (AvgIpc) is 3.02. The number of Topliss-reactive ketones (excluding diaryl/α,β-unsaturated/α-hetero) is 1. The van der Waals surface area contributed by atoms with Crippen LogP contribution in [0, 0.1) is 5.82 Å². The summed E-state index contributed by atoms with van der Waals surface area (Å²) < 4.78 is 18.4. The summed E-state index contributed by atoms with van der Waals surface area (Å²) in [6.45, 7) is 0. The quantitative estimate of drug-likeness (QED) is 0.745. The van der Waals surface area contributed by atoms with Crippen molar-refractivity contribution in [3.63, 3.8) is 0 Å². The van der Waals surface area contributed by atoms with Gasteiger partial charge in [-0.25, -0.2) is 9.18 Å². The molecule has 24 heavy (non-hydrogen) atoms. The van der Waals surface area contributed by atoms with Crippen molar-refractivity contribution >= 4 is 17.7 Å². The number of methoxy groups -OCH3 is 1. The number of rotatable bonds is 7. The highest BCUT2D eigenvalue weighted by Crippen LogP contribution is 2.30. The standard InChI is InChI=1S/C17H20FNO5/c1-24-14-6-4-11(10-12(14)18)13(20)5-7-15(21)19-17(16(22)23)8-2-3-9-17/h4,6,10H,2-3,5,7-9H2,1H3,(H,19,21)(H,22,23). The second-order valence-corrected chi connectivity index (χ2v) is 5.92. The van der Waals surface area contributed by atoms with Crippen molar-refractivity contribution in [3.8, 4) is 5.75 Å². The maximum atomic E-state index is 13.6. The predicted molar refractivity (Wildman–Crippen MR) is 83.5 cm³/mol. The first kappa shape index (κ1) is 17.9. The summed E-state index contributed by atoms with van der Waals surface area (Å²) in [5.41, 5.74) is -1.07. The van der Waals surface area contributed by atoms with Gasteiger partial charge in [0, 0.05) is 18.4 Å². The molecule has 0 atom stereocenters. The number of carboxylic acid groups (broad SMARTS) is 1. The predicted octanol–water partition coefficient (Wildman–Crippen LogP) is 2.31. The van der Waals surface area contributed by atoms with Crippen LogP contribution in [0.1, 0.15) is 48.9 Å². The Morgan fingerprint density at radius 3 is 2.46 bits per heavy atom. The van der Waals surface area contributed by atoms with Crippen molar-refractivity contribution in [2.45, 2.75) is 44.1 Å². The summed E-state index contributed by atoms with van der Waals surface area (Å²) in [7, 11) is 1.32. The highest BCUT2D eigenvalue weighted by Gasteiger charge is 2.42. The molecule has 0 spiro atoms. The van der Waals surface area contributed by atoms with E-state index in [2.05, 4.69) is 5.32 Å². The molecule has 1 aliphatic rings. The zero-order valence-electron chi connectivity index (χ0n) is 13.4. The van der Waals surface area contributed by atoms with Crippen molar-refractivity contribution < 1.29 is 28.6 Å². The van der Waals surface area contributed by atoms with E-state index in [1.165, 1.54) is 19.2 Å². The molecule has 0 aliphatic heterocycles. The number of ether oxygens (including phenoxy) is 1. The van der Waals surface area contributed by atoms with Gasteiger partial charge in [0.2, 0.25) is 5.91 Å². The van der Waals surface area contributed by atoms with Crippen LogP contribution >= 0.6 is 0 Å². The summed E-state index contributed by atoms with van der Waals surface area (Å²) in [5.74, 6) is -2.53. The Morgan fingerprint density at radius 1 is 1.25 bits per heavy atom. The minimum atomic E-state index is -1.22. The van der Waals surface area contributed by atoms with Crippen LogP contribution in [0.5, 0.6) is 5.75 Å². The van der Waals surface area contributed by atoms with E-state index in [0.29, 0.717) is 12.8 Å². The summed E-state index contributed by atoms with van der Waals surface area (Å²) in [6.07, 6.45) is 2.03. The molecule has 130 valence electrons. The number of carbonyl (C=O) groups excluding carboxylic acids is 2. The molecule has 1 aromatic carbocycles. The first-order valence-corrected chi connectivity index (χ1v) is 7.79. The zero-order valence-corrected chi connectivity index (χ0v) is 13.4. The summed E-state index contributed by atoms with van der Waals surface area (Å²) in [6, 6.07) is 3.84. The summed E-state index contributed by atoms with van der Waals surface area (Å²) >= 11 is 0. The van der Waals surface area contributed by atoms with Crippen LogP contribution in [-0.4, -0.2) is 35.4 Å². The molecule has 0 saturated heterocycles. The molecule has 0 heterocycles. The van der Waals surface area contributed by atoms with Gasteiger partial charge in [-0.3, -0.25) is 9.59 Å². The minimum absolute atomic E-state index is 0.0360. The topological polar surface area (TPSA) is 92.7 Å². The maximum absolute atomic E-state index is 13.6. The number of carboxylic acids is 1. The van der Waals surface area contributed by atoms with Gasteiger partial charge in [-0.2, -0.15) is 0 Å². The molecule has 0 radical (unpaired) electrons. The second-order valence-electron chi connectivity index (χ2n) is 5.92. The number of amides is 1. The van der Waals surface area contributed by atoms with E-state index in [1.807, 2.05) is 0 Å². The van der Waals surface area contributed by atoms with Crippen LogP contribution in [0.15, 0.2) is 18.2 Å². The fourth-order valence-electron chi connectivity index (χ4n) is 2.91. The summed E-state index contributed by atoms with van der Waals surface area (Å²) in [4.78, 5) is 35.4. The Hall–Kier alpha value is -2.44. The van der Waals surface area contributed by atoms with Gasteiger partial charge in [-0.15, -0.1) is 0 Å². The lowest BCUT2D eigenvalue weighted by atomic mass is 9.97. The van der Waals surface area contributed by atoms with E-state index in [-0.39, 0.29) is 29.9 Å². The van der Waals surface area contributed by atoms with E-state index < -0.39 is 23.2 Å². The van der Waals surface area contributed by atoms with Gasteiger partial charge in [-0.1, -0.05) is 12.8 Å². The number of aliphatic carboxylic acids is 1. The van der Waals surface area contributed by atoms with Gasteiger partial charge < -0.3 is 15.2 Å². The third-order valence-corrected chi connectivity index (χ3v) is 4.30. The highest BCUT2D eigenvalue weighted by atomic mass is 19.1. The van der Waals surface area contributed by atoms with Gasteiger partial charge in [0.15, 0.2) is 17.3 Å². The van der Waals surface area contributed by atoms with Crippen molar-refractivity contribution in [1.82, 2.24) is 5.32 Å². The second kappa shape index (κ2) is 7.42. The van der Waals surface area contributed by atoms with Crippen LogP contribution in [0.2, 0.25) is 0 Å². The molecule has 1 aliphatic carbocycles. The summed E-state index contributed by atoms with van der Waals surface area (Å²) in [5, 5.41) is 11.9. The molecule has 1 fully saturated rings. The van der Waals surface area contributed by atoms with Gasteiger partial charge in [0.1, 0.15) is 5.54 Å². The molecule has 2 rings (SSSR count). The normalized spacial score (nSPS) is 15.8. The average molecular weight is 337 g/mol. The number of hydrogen-bond donors (Lipinski definition) is 2. The zero-order chi connectivity index (χ0) is 17.7. The van der Waals surface area contributed by atoms with Crippen LogP contribution in [-0.2, 0) is 9.59 Å². The number of carbonyl (C=O) groups is 3. The van der Waals surface area contributed by atoms with Gasteiger partial charge >= 0.3 is 5.97 Å². The molecule has 1 aromatic rings. The Bertz CT molecular complexity index is 652. The molecular weight excluding hydrogens is 317 g/mol. The minimum Gasteiger partial charge on any atom is -0.494 e. The van der Waals surface area contributed by atoms with Gasteiger partial charge in [0.05, 0.1) is 7.11 Å². The largest absolute Gasteiger partial charge is 0.494 e. The monoisotopic (exact) mass is 337 g/mol. The molecule has 2 N–H and O–H groups in total. The van der Waals surface area contributed by atoms with Crippen molar-refractivity contribution in [2.75, 3.05) is 7.11 Å².